The average Bonchev–Trinajstić information content (AvgIpc) is 2.66. The van der Waals surface area contributed by atoms with E-state index in [4.69, 9.17) is 5.73 Å². The molecule has 1 aromatic heterocycles. The molecule has 2 rings (SSSR count). The second-order valence-electron chi connectivity index (χ2n) is 3.82. The predicted molar refractivity (Wildman–Crippen MR) is 60.9 cm³/mol. The van der Waals surface area contributed by atoms with Crippen LogP contribution in [0.15, 0.2) is 5.38 Å². The van der Waals surface area contributed by atoms with E-state index < -0.39 is 0 Å². The highest BCUT2D eigenvalue weighted by Gasteiger charge is 2.18. The van der Waals surface area contributed by atoms with E-state index in [1.807, 2.05) is 0 Å². The van der Waals surface area contributed by atoms with Crippen LogP contribution in [0.25, 0.3) is 0 Å². The maximum absolute atomic E-state index is 5.94. The van der Waals surface area contributed by atoms with Gasteiger partial charge in [0.25, 0.3) is 0 Å². The second kappa shape index (κ2) is 4.28. The monoisotopic (exact) mass is 211 g/mol. The molecule has 78 valence electrons. The van der Waals surface area contributed by atoms with Crippen molar-refractivity contribution in [2.45, 2.75) is 32.2 Å². The van der Waals surface area contributed by atoms with Crippen molar-refractivity contribution in [3.05, 3.63) is 11.1 Å². The Bertz CT molecular complexity index is 297. The summed E-state index contributed by atoms with van der Waals surface area (Å²) in [5.74, 6) is 0. The summed E-state index contributed by atoms with van der Waals surface area (Å²) in [4.78, 5) is 6.89. The van der Waals surface area contributed by atoms with Gasteiger partial charge in [-0.25, -0.2) is 4.98 Å². The van der Waals surface area contributed by atoms with E-state index in [2.05, 4.69) is 22.2 Å². The molecule has 1 fully saturated rings. The van der Waals surface area contributed by atoms with Crippen LogP contribution in [0.4, 0.5) is 5.13 Å². The van der Waals surface area contributed by atoms with E-state index in [9.17, 15) is 0 Å². The molecule has 0 bridgehead atoms. The molecule has 0 radical (unpaired) electrons. The van der Waals surface area contributed by atoms with Gasteiger partial charge in [-0.2, -0.15) is 0 Å². The molecule has 2 N–H and O–H groups in total. The summed E-state index contributed by atoms with van der Waals surface area (Å²) in [5.41, 5.74) is 7.14. The summed E-state index contributed by atoms with van der Waals surface area (Å²) in [6.07, 6.45) is 3.38. The standard InChI is InChI=1S/C10H17N3S/c1-2-9-7-14-10(12-9)13-5-3-4-8(11)6-13/h7-8H,2-6,11H2,1H3. The molecule has 0 aromatic carbocycles. The molecule has 2 heterocycles. The molecule has 14 heavy (non-hydrogen) atoms. The van der Waals surface area contributed by atoms with Crippen molar-refractivity contribution in [3.63, 3.8) is 0 Å². The number of piperidine rings is 1. The highest BCUT2D eigenvalue weighted by Crippen LogP contribution is 2.23. The Morgan fingerprint density at radius 1 is 1.71 bits per heavy atom. The lowest BCUT2D eigenvalue weighted by atomic mass is 10.1. The van der Waals surface area contributed by atoms with Gasteiger partial charge < -0.3 is 10.6 Å². The van der Waals surface area contributed by atoms with Gasteiger partial charge in [0.15, 0.2) is 5.13 Å². The van der Waals surface area contributed by atoms with E-state index in [1.54, 1.807) is 11.3 Å². The van der Waals surface area contributed by atoms with E-state index >= 15 is 0 Å². The number of hydrogen-bond acceptors (Lipinski definition) is 4. The summed E-state index contributed by atoms with van der Waals surface area (Å²) in [7, 11) is 0. The van der Waals surface area contributed by atoms with Crippen molar-refractivity contribution < 1.29 is 0 Å². The van der Waals surface area contributed by atoms with Gasteiger partial charge in [-0.1, -0.05) is 6.92 Å². The smallest absolute Gasteiger partial charge is 0.185 e. The number of nitrogens with zero attached hydrogens (tertiary/aromatic N) is 2. The van der Waals surface area contributed by atoms with Crippen molar-refractivity contribution in [1.82, 2.24) is 4.98 Å². The number of anilines is 1. The molecule has 4 heteroatoms. The van der Waals surface area contributed by atoms with Gasteiger partial charge >= 0.3 is 0 Å². The zero-order chi connectivity index (χ0) is 9.97. The summed E-state index contributed by atoms with van der Waals surface area (Å²) in [6.45, 7) is 4.22. The first-order chi connectivity index (χ1) is 6.79. The van der Waals surface area contributed by atoms with Gasteiger partial charge in [0.05, 0.1) is 5.69 Å². The topological polar surface area (TPSA) is 42.1 Å². The Kier molecular flexibility index (Phi) is 3.03. The van der Waals surface area contributed by atoms with Crippen LogP contribution < -0.4 is 10.6 Å². The van der Waals surface area contributed by atoms with Crippen LogP contribution >= 0.6 is 11.3 Å². The minimum atomic E-state index is 0.331. The largest absolute Gasteiger partial charge is 0.347 e. The molecule has 0 aliphatic carbocycles. The number of rotatable bonds is 2. The molecular weight excluding hydrogens is 194 g/mol. The van der Waals surface area contributed by atoms with Crippen LogP contribution in [0, 0.1) is 0 Å². The predicted octanol–water partition coefficient (Wildman–Crippen LogP) is 1.63. The molecule has 1 aliphatic rings. The van der Waals surface area contributed by atoms with Crippen LogP contribution in [0.2, 0.25) is 0 Å². The quantitative estimate of drug-likeness (QED) is 0.808. The van der Waals surface area contributed by atoms with Crippen molar-refractivity contribution in [2.75, 3.05) is 18.0 Å². The Hall–Kier alpha value is -0.610. The molecule has 1 saturated heterocycles. The minimum absolute atomic E-state index is 0.331. The van der Waals surface area contributed by atoms with Gasteiger partial charge in [0.1, 0.15) is 0 Å². The summed E-state index contributed by atoms with van der Waals surface area (Å²) < 4.78 is 0. The number of aromatic nitrogens is 1. The maximum Gasteiger partial charge on any atom is 0.185 e. The van der Waals surface area contributed by atoms with Crippen molar-refractivity contribution in [3.8, 4) is 0 Å². The Morgan fingerprint density at radius 3 is 3.21 bits per heavy atom. The van der Waals surface area contributed by atoms with Crippen LogP contribution in [0.1, 0.15) is 25.5 Å². The highest BCUT2D eigenvalue weighted by atomic mass is 32.1. The minimum Gasteiger partial charge on any atom is -0.347 e. The molecule has 0 amide bonds. The maximum atomic E-state index is 5.94. The van der Waals surface area contributed by atoms with E-state index in [-0.39, 0.29) is 0 Å². The average molecular weight is 211 g/mol. The van der Waals surface area contributed by atoms with Gasteiger partial charge in [-0.05, 0) is 19.3 Å². The lowest BCUT2D eigenvalue weighted by molar-refractivity contribution is 0.505. The van der Waals surface area contributed by atoms with Crippen LogP contribution in [-0.4, -0.2) is 24.1 Å². The first-order valence-corrected chi connectivity index (χ1v) is 6.12. The van der Waals surface area contributed by atoms with E-state index in [0.717, 1.165) is 31.1 Å². The summed E-state index contributed by atoms with van der Waals surface area (Å²) >= 11 is 1.74. The summed E-state index contributed by atoms with van der Waals surface area (Å²) in [6, 6.07) is 0.331. The van der Waals surface area contributed by atoms with E-state index in [1.165, 1.54) is 12.1 Å². The molecule has 1 unspecified atom stereocenters. The SMILES string of the molecule is CCc1csc(N2CCCC(N)C2)n1. The lowest BCUT2D eigenvalue weighted by Crippen LogP contribution is -2.42. The van der Waals surface area contributed by atoms with Crippen molar-refractivity contribution in [2.24, 2.45) is 5.73 Å². The fourth-order valence-corrected chi connectivity index (χ4v) is 2.73. The Labute approximate surface area is 88.9 Å². The third-order valence-electron chi connectivity index (χ3n) is 2.63. The lowest BCUT2D eigenvalue weighted by Gasteiger charge is -2.30. The highest BCUT2D eigenvalue weighted by molar-refractivity contribution is 7.13. The van der Waals surface area contributed by atoms with Crippen LogP contribution in [0.3, 0.4) is 0 Å². The fraction of sp³-hybridized carbons (Fsp3) is 0.700. The van der Waals surface area contributed by atoms with E-state index in [0.29, 0.717) is 6.04 Å². The third kappa shape index (κ3) is 2.07. The molecule has 0 spiro atoms. The van der Waals surface area contributed by atoms with Crippen molar-refractivity contribution >= 4 is 16.5 Å². The second-order valence-corrected chi connectivity index (χ2v) is 4.66. The normalized spacial score (nSPS) is 22.7. The van der Waals surface area contributed by atoms with Crippen molar-refractivity contribution in [1.29, 1.82) is 0 Å². The van der Waals surface area contributed by atoms with Gasteiger partial charge in [-0.3, -0.25) is 0 Å². The Morgan fingerprint density at radius 2 is 2.57 bits per heavy atom. The number of hydrogen-bond donors (Lipinski definition) is 1. The Balaban J connectivity index is 2.06. The number of aryl methyl sites for hydroxylation is 1. The zero-order valence-corrected chi connectivity index (χ0v) is 9.39. The molecule has 0 saturated carbocycles. The van der Waals surface area contributed by atoms with Crippen LogP contribution in [0.5, 0.6) is 0 Å². The molecule has 1 aliphatic heterocycles. The number of thiazole rings is 1. The molecular formula is C10H17N3S. The third-order valence-corrected chi connectivity index (χ3v) is 3.58. The molecule has 1 aromatic rings. The zero-order valence-electron chi connectivity index (χ0n) is 8.57. The van der Waals surface area contributed by atoms with Gasteiger partial charge in [0, 0.05) is 24.5 Å². The van der Waals surface area contributed by atoms with Gasteiger partial charge in [-0.15, -0.1) is 11.3 Å². The molecule has 1 atom stereocenters. The summed E-state index contributed by atoms with van der Waals surface area (Å²) in [5, 5.41) is 3.30. The first-order valence-electron chi connectivity index (χ1n) is 5.24. The first kappa shape index (κ1) is 9.93. The fourth-order valence-electron chi connectivity index (χ4n) is 1.79. The molecule has 3 nitrogen and oxygen atoms in total. The number of nitrogens with two attached hydrogens (primary N) is 1. The van der Waals surface area contributed by atoms with Gasteiger partial charge in [0.2, 0.25) is 0 Å². The van der Waals surface area contributed by atoms with Crippen LogP contribution in [-0.2, 0) is 6.42 Å².